The van der Waals surface area contributed by atoms with Crippen LogP contribution in [-0.2, 0) is 6.42 Å². The number of hydrogen-bond donors (Lipinski definition) is 2. The highest BCUT2D eigenvalue weighted by Gasteiger charge is 2.22. The molecule has 8 nitrogen and oxygen atoms in total. The van der Waals surface area contributed by atoms with E-state index in [1.54, 1.807) is 12.1 Å². The number of allylic oxidation sites excluding steroid dienone is 1. The Morgan fingerprint density at radius 2 is 0.955 bits per heavy atom. The largest absolute Gasteiger partial charge is 0.324 e. The third kappa shape index (κ3) is 3.56. The summed E-state index contributed by atoms with van der Waals surface area (Å²) in [6, 6.07) is 27.2. The van der Waals surface area contributed by atoms with Crippen LogP contribution in [0.25, 0.3) is 89.7 Å². The number of halogens is 1. The number of nitrogens with one attached hydrogen (secondary N) is 2. The molecule has 0 unspecified atom stereocenters. The molecule has 2 aliphatic rings. The van der Waals surface area contributed by atoms with Crippen molar-refractivity contribution in [3.63, 3.8) is 0 Å². The maximum absolute atomic E-state index is 16.1. The van der Waals surface area contributed by atoms with Crippen molar-refractivity contribution in [1.29, 1.82) is 0 Å². The van der Waals surface area contributed by atoms with Gasteiger partial charge in [-0.3, -0.25) is 0 Å². The molecule has 0 saturated heterocycles. The van der Waals surface area contributed by atoms with Crippen molar-refractivity contribution in [2.75, 3.05) is 0 Å². The first-order valence-corrected chi connectivity index (χ1v) is 14.2. The lowest BCUT2D eigenvalue weighted by molar-refractivity contribution is 0.627. The minimum absolute atomic E-state index is 0.317. The second-order valence-electron chi connectivity index (χ2n) is 10.7. The zero-order valence-corrected chi connectivity index (χ0v) is 23.1. The molecule has 9 heteroatoms. The number of fused-ring (bicyclic) bond motifs is 20. The fourth-order valence-corrected chi connectivity index (χ4v) is 6.05. The first-order chi connectivity index (χ1) is 21.7. The van der Waals surface area contributed by atoms with Crippen LogP contribution in [-0.4, -0.2) is 39.9 Å². The highest BCUT2D eigenvalue weighted by molar-refractivity contribution is 6.06. The Hall–Kier alpha value is -6.09. The molecule has 208 valence electrons. The van der Waals surface area contributed by atoms with E-state index in [0.717, 1.165) is 33.0 Å². The molecule has 0 aliphatic carbocycles. The molecule has 0 saturated carbocycles. The number of hydrogen-bond acceptors (Lipinski definition) is 6. The molecule has 0 radical (unpaired) electrons. The molecule has 9 rings (SSSR count). The molecule has 0 fully saturated rings. The second-order valence-corrected chi connectivity index (χ2v) is 10.7. The highest BCUT2D eigenvalue weighted by Crippen LogP contribution is 2.37. The Labute approximate surface area is 249 Å². The minimum atomic E-state index is -0.376. The fourth-order valence-electron chi connectivity index (χ4n) is 6.05. The molecule has 7 aromatic rings. The van der Waals surface area contributed by atoms with E-state index >= 15 is 4.39 Å². The number of nitrogens with zero attached hydrogens (tertiary/aromatic N) is 6. The van der Waals surface area contributed by atoms with Crippen molar-refractivity contribution in [3.8, 4) is 45.6 Å². The Kier molecular flexibility index (Phi) is 5.13. The normalized spacial score (nSPS) is 11.9. The van der Waals surface area contributed by atoms with E-state index in [4.69, 9.17) is 29.9 Å². The zero-order valence-electron chi connectivity index (χ0n) is 23.1. The van der Waals surface area contributed by atoms with Gasteiger partial charge in [-0.05, 0) is 12.0 Å². The first kappa shape index (κ1) is 24.5. The van der Waals surface area contributed by atoms with Gasteiger partial charge in [0.2, 0.25) is 0 Å². The van der Waals surface area contributed by atoms with Gasteiger partial charge in [-0.2, -0.15) is 0 Å². The van der Waals surface area contributed by atoms with Crippen molar-refractivity contribution >= 4 is 44.1 Å². The van der Waals surface area contributed by atoms with E-state index in [9.17, 15) is 0 Å². The number of H-pyrrole nitrogens is 2. The van der Waals surface area contributed by atoms with Gasteiger partial charge in [-0.15, -0.1) is 6.58 Å². The smallest absolute Gasteiger partial charge is 0.164 e. The van der Waals surface area contributed by atoms with Crippen LogP contribution >= 0.6 is 0 Å². The summed E-state index contributed by atoms with van der Waals surface area (Å²) < 4.78 is 16.1. The summed E-state index contributed by atoms with van der Waals surface area (Å²) in [5.41, 5.74) is 5.83. The molecule has 4 aromatic carbocycles. The molecular weight excluding hydrogens is 551 g/mol. The number of aromatic nitrogens is 8. The maximum Gasteiger partial charge on any atom is 0.164 e. The Balaban J connectivity index is 1.50. The number of rotatable bonds is 2. The van der Waals surface area contributed by atoms with Gasteiger partial charge in [0.1, 0.15) is 28.4 Å². The van der Waals surface area contributed by atoms with Crippen LogP contribution in [0.4, 0.5) is 4.39 Å². The predicted molar refractivity (Wildman–Crippen MR) is 170 cm³/mol. The van der Waals surface area contributed by atoms with E-state index in [2.05, 4.69) is 16.5 Å². The molecule has 44 heavy (non-hydrogen) atoms. The van der Waals surface area contributed by atoms with E-state index in [0.29, 0.717) is 68.6 Å². The summed E-state index contributed by atoms with van der Waals surface area (Å²) in [6.07, 6.45) is 2.06. The van der Waals surface area contributed by atoms with Gasteiger partial charge < -0.3 is 9.97 Å². The van der Waals surface area contributed by atoms with Gasteiger partial charge >= 0.3 is 0 Å². The van der Waals surface area contributed by atoms with Crippen molar-refractivity contribution in [2.24, 2.45) is 0 Å². The van der Waals surface area contributed by atoms with Crippen LogP contribution in [0.5, 0.6) is 0 Å². The van der Waals surface area contributed by atoms with Crippen LogP contribution in [0.2, 0.25) is 0 Å². The lowest BCUT2D eigenvalue weighted by Crippen LogP contribution is -1.89. The van der Waals surface area contributed by atoms with Crippen molar-refractivity contribution in [3.05, 3.63) is 109 Å². The molecule has 0 amide bonds. The molecular formula is C35H21FN8. The Morgan fingerprint density at radius 1 is 0.523 bits per heavy atom. The highest BCUT2D eigenvalue weighted by atomic mass is 19.1. The van der Waals surface area contributed by atoms with E-state index in [-0.39, 0.29) is 5.82 Å². The summed E-state index contributed by atoms with van der Waals surface area (Å²) in [5.74, 6) is 1.53. The minimum Gasteiger partial charge on any atom is -0.324 e. The van der Waals surface area contributed by atoms with Crippen LogP contribution < -0.4 is 0 Å². The third-order valence-corrected chi connectivity index (χ3v) is 8.10. The topological polar surface area (TPSA) is 109 Å². The Bertz CT molecular complexity index is 2520. The van der Waals surface area contributed by atoms with Gasteiger partial charge in [0, 0.05) is 38.4 Å². The molecule has 0 atom stereocenters. The van der Waals surface area contributed by atoms with E-state index < -0.39 is 0 Å². The van der Waals surface area contributed by atoms with E-state index in [1.165, 1.54) is 0 Å². The monoisotopic (exact) mass is 572 g/mol. The quantitative estimate of drug-likeness (QED) is 0.205. The summed E-state index contributed by atoms with van der Waals surface area (Å²) in [6.45, 7) is 3.79. The van der Waals surface area contributed by atoms with Crippen molar-refractivity contribution in [2.45, 2.75) is 6.42 Å². The Morgan fingerprint density at radius 3 is 1.45 bits per heavy atom. The van der Waals surface area contributed by atoms with Crippen LogP contribution in [0.15, 0.2) is 97.6 Å². The van der Waals surface area contributed by atoms with Gasteiger partial charge in [-0.25, -0.2) is 34.3 Å². The summed E-state index contributed by atoms with van der Waals surface area (Å²) in [7, 11) is 0. The van der Waals surface area contributed by atoms with Gasteiger partial charge in [0.05, 0.1) is 5.39 Å². The average Bonchev–Trinajstić information content (AvgIpc) is 3.78. The number of aromatic amines is 2. The van der Waals surface area contributed by atoms with Gasteiger partial charge in [0.15, 0.2) is 23.3 Å². The SMILES string of the molecule is C=CCc1ccc2c3nc4nc(nc5[nH]c(nc6nc(nc([nH]3)c2c1F)-c1ccccc1-6)c1ccccc51)-c1ccccc1-4. The first-order valence-electron chi connectivity index (χ1n) is 14.2. The predicted octanol–water partition coefficient (Wildman–Crippen LogP) is 7.74. The third-order valence-electron chi connectivity index (χ3n) is 8.10. The van der Waals surface area contributed by atoms with Crippen LogP contribution in [0.3, 0.4) is 0 Å². The number of benzene rings is 4. The fraction of sp³-hybridized carbons (Fsp3) is 0.0286. The van der Waals surface area contributed by atoms with E-state index in [1.807, 2.05) is 78.9 Å². The zero-order chi connectivity index (χ0) is 29.4. The van der Waals surface area contributed by atoms with Crippen LogP contribution in [0.1, 0.15) is 5.56 Å². The summed E-state index contributed by atoms with van der Waals surface area (Å²) in [5, 5.41) is 2.73. The second kappa shape index (κ2) is 9.20. The van der Waals surface area contributed by atoms with Gasteiger partial charge in [0.25, 0.3) is 0 Å². The average molecular weight is 573 g/mol. The molecule has 0 spiro atoms. The lowest BCUT2D eigenvalue weighted by atomic mass is 10.1. The standard InChI is InChI=1S/C35H21FN8/c1-2-9-18-16-17-25-26(27(18)36)35-43-33-24-15-8-7-14-23(24)31(41-33)39-29-20-11-4-3-10-19(20)28(37-29)38-30-21-12-5-6-13-22(21)32(40-30)42-34(25)44-35/h2-8,10-17H,1,9H2,(H2,37,38,39,40,41,42,43,44). The summed E-state index contributed by atoms with van der Waals surface area (Å²) >= 11 is 0. The van der Waals surface area contributed by atoms with Crippen molar-refractivity contribution < 1.29 is 4.39 Å². The molecule has 8 bridgehead atoms. The lowest BCUT2D eigenvalue weighted by Gasteiger charge is -2.01. The molecule has 2 aliphatic heterocycles. The summed E-state index contributed by atoms with van der Waals surface area (Å²) in [4.78, 5) is 36.3. The van der Waals surface area contributed by atoms with Crippen LogP contribution in [0, 0.1) is 5.82 Å². The molecule has 2 N–H and O–H groups in total. The molecule has 5 heterocycles. The molecule has 3 aromatic heterocycles. The van der Waals surface area contributed by atoms with Crippen molar-refractivity contribution in [1.82, 2.24) is 39.9 Å². The van der Waals surface area contributed by atoms with Gasteiger partial charge in [-0.1, -0.05) is 91.0 Å². The maximum atomic E-state index is 16.1.